The highest BCUT2D eigenvalue weighted by molar-refractivity contribution is 5.74. The number of urea groups is 1. The highest BCUT2D eigenvalue weighted by Crippen LogP contribution is 2.20. The number of amides is 2. The number of carbonyl (C=O) groups excluding carboxylic acids is 1. The van der Waals surface area contributed by atoms with Crippen molar-refractivity contribution >= 4 is 6.03 Å². The van der Waals surface area contributed by atoms with Crippen molar-refractivity contribution in [2.75, 3.05) is 26.2 Å². The molecule has 1 aromatic rings. The zero-order chi connectivity index (χ0) is 18.1. The normalized spacial score (nSPS) is 16.6. The first-order valence-electron chi connectivity index (χ1n) is 9.40. The van der Waals surface area contributed by atoms with Gasteiger partial charge in [-0.2, -0.15) is 0 Å². The Bertz CT molecular complexity index is 511. The topological polar surface area (TPSA) is 64.6 Å². The standard InChI is InChI=1S/C20H33N3O2/c1-20(2,16-24)11-6-12-21-19(25)22-18-9-13-23(14-10-18)15-17-7-4-3-5-8-17/h3-5,7-8,18,24H,6,9-16H2,1-2H3,(H2,21,22,25). The molecule has 25 heavy (non-hydrogen) atoms. The Morgan fingerprint density at radius 3 is 2.56 bits per heavy atom. The molecule has 140 valence electrons. The van der Waals surface area contributed by atoms with Crippen molar-refractivity contribution in [1.82, 2.24) is 15.5 Å². The van der Waals surface area contributed by atoms with Crippen LogP contribution in [-0.4, -0.2) is 48.3 Å². The van der Waals surface area contributed by atoms with Crippen LogP contribution in [0.25, 0.3) is 0 Å². The molecular weight excluding hydrogens is 314 g/mol. The molecule has 1 fully saturated rings. The first-order chi connectivity index (χ1) is 12.0. The molecule has 1 aromatic carbocycles. The van der Waals surface area contributed by atoms with Crippen molar-refractivity contribution in [2.24, 2.45) is 5.41 Å². The second-order valence-electron chi connectivity index (χ2n) is 7.86. The maximum absolute atomic E-state index is 12.0. The third-order valence-electron chi connectivity index (χ3n) is 4.92. The summed E-state index contributed by atoms with van der Waals surface area (Å²) in [6.45, 7) is 7.94. The molecule has 0 saturated carbocycles. The van der Waals surface area contributed by atoms with Gasteiger partial charge in [0.05, 0.1) is 0 Å². The van der Waals surface area contributed by atoms with E-state index >= 15 is 0 Å². The lowest BCUT2D eigenvalue weighted by Crippen LogP contribution is -2.47. The summed E-state index contributed by atoms with van der Waals surface area (Å²) in [5.41, 5.74) is 1.28. The van der Waals surface area contributed by atoms with E-state index in [-0.39, 0.29) is 24.1 Å². The molecule has 0 spiro atoms. The van der Waals surface area contributed by atoms with E-state index in [1.165, 1.54) is 5.56 Å². The average molecular weight is 348 g/mol. The van der Waals surface area contributed by atoms with Crippen LogP contribution in [0.1, 0.15) is 45.1 Å². The predicted molar refractivity (Wildman–Crippen MR) is 101 cm³/mol. The van der Waals surface area contributed by atoms with Crippen molar-refractivity contribution in [2.45, 2.75) is 52.1 Å². The lowest BCUT2D eigenvalue weighted by Gasteiger charge is -2.32. The van der Waals surface area contributed by atoms with E-state index in [9.17, 15) is 9.90 Å². The van der Waals surface area contributed by atoms with Crippen molar-refractivity contribution in [1.29, 1.82) is 0 Å². The lowest BCUT2D eigenvalue weighted by atomic mass is 9.89. The summed E-state index contributed by atoms with van der Waals surface area (Å²) >= 11 is 0. The number of nitrogens with one attached hydrogen (secondary N) is 2. The van der Waals surface area contributed by atoms with Gasteiger partial charge >= 0.3 is 6.03 Å². The lowest BCUT2D eigenvalue weighted by molar-refractivity contribution is 0.148. The Morgan fingerprint density at radius 1 is 1.24 bits per heavy atom. The number of aliphatic hydroxyl groups is 1. The van der Waals surface area contributed by atoms with Gasteiger partial charge in [0.2, 0.25) is 0 Å². The number of rotatable bonds is 8. The minimum Gasteiger partial charge on any atom is -0.396 e. The van der Waals surface area contributed by atoms with Crippen LogP contribution in [0.5, 0.6) is 0 Å². The number of carbonyl (C=O) groups is 1. The second kappa shape index (κ2) is 9.78. The Balaban J connectivity index is 1.59. The van der Waals surface area contributed by atoms with Crippen molar-refractivity contribution < 1.29 is 9.90 Å². The predicted octanol–water partition coefficient (Wildman–Crippen LogP) is 2.75. The van der Waals surface area contributed by atoms with E-state index in [1.54, 1.807) is 0 Å². The molecule has 0 radical (unpaired) electrons. The van der Waals surface area contributed by atoms with Crippen molar-refractivity contribution in [3.8, 4) is 0 Å². The summed E-state index contributed by atoms with van der Waals surface area (Å²) in [4.78, 5) is 14.4. The molecular formula is C20H33N3O2. The third-order valence-corrected chi connectivity index (χ3v) is 4.92. The van der Waals surface area contributed by atoms with Crippen LogP contribution in [0.15, 0.2) is 30.3 Å². The van der Waals surface area contributed by atoms with Crippen LogP contribution in [0.4, 0.5) is 4.79 Å². The van der Waals surface area contributed by atoms with Gasteiger partial charge in [0.15, 0.2) is 0 Å². The summed E-state index contributed by atoms with van der Waals surface area (Å²) in [6, 6.07) is 10.7. The van der Waals surface area contributed by atoms with Crippen LogP contribution >= 0.6 is 0 Å². The van der Waals surface area contributed by atoms with Gasteiger partial charge in [-0.05, 0) is 36.7 Å². The maximum atomic E-state index is 12.0. The molecule has 1 aliphatic rings. The van der Waals surface area contributed by atoms with Crippen molar-refractivity contribution in [3.05, 3.63) is 35.9 Å². The Labute approximate surface area is 151 Å². The molecule has 2 amide bonds. The van der Waals surface area contributed by atoms with Gasteiger partial charge in [-0.15, -0.1) is 0 Å². The first kappa shape index (κ1) is 19.7. The highest BCUT2D eigenvalue weighted by atomic mass is 16.3. The minimum absolute atomic E-state index is 0.0657. The molecule has 2 rings (SSSR count). The zero-order valence-electron chi connectivity index (χ0n) is 15.6. The Kier molecular flexibility index (Phi) is 7.72. The van der Waals surface area contributed by atoms with Gasteiger partial charge < -0.3 is 15.7 Å². The molecule has 3 N–H and O–H groups in total. The molecule has 1 aliphatic heterocycles. The molecule has 1 heterocycles. The van der Waals surface area contributed by atoms with E-state index in [0.29, 0.717) is 6.54 Å². The molecule has 0 aromatic heterocycles. The van der Waals surface area contributed by atoms with E-state index in [1.807, 2.05) is 19.9 Å². The number of aliphatic hydroxyl groups excluding tert-OH is 1. The molecule has 5 heteroatoms. The summed E-state index contributed by atoms with van der Waals surface area (Å²) in [5.74, 6) is 0. The third kappa shape index (κ3) is 7.45. The van der Waals surface area contributed by atoms with E-state index in [2.05, 4.69) is 39.8 Å². The van der Waals surface area contributed by atoms with Crippen LogP contribution in [0, 0.1) is 5.41 Å². The average Bonchev–Trinajstić information content (AvgIpc) is 2.61. The highest BCUT2D eigenvalue weighted by Gasteiger charge is 2.21. The fourth-order valence-corrected chi connectivity index (χ4v) is 3.16. The quantitative estimate of drug-likeness (QED) is 0.634. The number of hydrogen-bond acceptors (Lipinski definition) is 3. The molecule has 0 atom stereocenters. The molecule has 0 unspecified atom stereocenters. The number of hydrogen-bond donors (Lipinski definition) is 3. The zero-order valence-corrected chi connectivity index (χ0v) is 15.6. The van der Waals surface area contributed by atoms with Gasteiger partial charge in [0.1, 0.15) is 0 Å². The molecule has 1 saturated heterocycles. The number of piperidine rings is 1. The van der Waals surface area contributed by atoms with Crippen LogP contribution in [0.2, 0.25) is 0 Å². The smallest absolute Gasteiger partial charge is 0.315 e. The van der Waals surface area contributed by atoms with Gasteiger partial charge in [-0.3, -0.25) is 4.90 Å². The summed E-state index contributed by atoms with van der Waals surface area (Å²) in [7, 11) is 0. The number of likely N-dealkylation sites (tertiary alicyclic amines) is 1. The second-order valence-corrected chi connectivity index (χ2v) is 7.86. The Morgan fingerprint density at radius 2 is 1.92 bits per heavy atom. The largest absolute Gasteiger partial charge is 0.396 e. The van der Waals surface area contributed by atoms with Gasteiger partial charge in [-0.1, -0.05) is 44.2 Å². The fourth-order valence-electron chi connectivity index (χ4n) is 3.16. The number of benzene rings is 1. The van der Waals surface area contributed by atoms with Crippen molar-refractivity contribution in [3.63, 3.8) is 0 Å². The monoisotopic (exact) mass is 347 g/mol. The SMILES string of the molecule is CC(C)(CO)CCCNC(=O)NC1CCN(Cc2ccccc2)CC1. The minimum atomic E-state index is -0.0664. The summed E-state index contributed by atoms with van der Waals surface area (Å²) in [5, 5.41) is 15.3. The van der Waals surface area contributed by atoms with Crippen LogP contribution < -0.4 is 10.6 Å². The van der Waals surface area contributed by atoms with Gasteiger partial charge in [0, 0.05) is 38.8 Å². The first-order valence-corrected chi connectivity index (χ1v) is 9.40. The van der Waals surface area contributed by atoms with E-state index in [0.717, 1.165) is 45.3 Å². The van der Waals surface area contributed by atoms with E-state index in [4.69, 9.17) is 0 Å². The van der Waals surface area contributed by atoms with E-state index < -0.39 is 0 Å². The maximum Gasteiger partial charge on any atom is 0.315 e. The summed E-state index contributed by atoms with van der Waals surface area (Å²) in [6.07, 6.45) is 3.79. The fraction of sp³-hybridized carbons (Fsp3) is 0.650. The number of nitrogens with zero attached hydrogens (tertiary/aromatic N) is 1. The Hall–Kier alpha value is -1.59. The van der Waals surface area contributed by atoms with Crippen LogP contribution in [-0.2, 0) is 6.54 Å². The summed E-state index contributed by atoms with van der Waals surface area (Å²) < 4.78 is 0. The molecule has 0 aliphatic carbocycles. The van der Waals surface area contributed by atoms with Gasteiger partial charge in [-0.25, -0.2) is 4.79 Å². The molecule has 0 bridgehead atoms. The molecule has 5 nitrogen and oxygen atoms in total. The van der Waals surface area contributed by atoms with Gasteiger partial charge in [0.25, 0.3) is 0 Å². The van der Waals surface area contributed by atoms with Crippen LogP contribution in [0.3, 0.4) is 0 Å².